The van der Waals surface area contributed by atoms with Crippen molar-refractivity contribution in [1.29, 1.82) is 0 Å². The molecule has 2 aromatic carbocycles. The van der Waals surface area contributed by atoms with Crippen LogP contribution in [0.15, 0.2) is 66.9 Å². The molecule has 1 aromatic heterocycles. The molecule has 88 valence electrons. The Bertz CT molecular complexity index is 654. The highest BCUT2D eigenvalue weighted by atomic mass is 15.2. The molecule has 0 saturated carbocycles. The molecule has 0 amide bonds. The lowest BCUT2D eigenvalue weighted by atomic mass is 10.0. The van der Waals surface area contributed by atoms with E-state index in [0.717, 1.165) is 11.3 Å². The van der Waals surface area contributed by atoms with E-state index in [4.69, 9.17) is 0 Å². The second-order valence-electron chi connectivity index (χ2n) is 4.32. The molecular formula is C16H14N2. The molecule has 0 unspecified atom stereocenters. The van der Waals surface area contributed by atoms with Gasteiger partial charge in [-0.15, -0.1) is 0 Å². The highest BCUT2D eigenvalue weighted by molar-refractivity contribution is 5.71. The minimum absolute atomic E-state index is 1.01. The van der Waals surface area contributed by atoms with Gasteiger partial charge < -0.3 is 0 Å². The maximum Gasteiger partial charge on any atom is 0.0923 e. The van der Waals surface area contributed by atoms with Gasteiger partial charge >= 0.3 is 0 Å². The largest absolute Gasteiger partial charge is 0.275 e. The van der Waals surface area contributed by atoms with Crippen molar-refractivity contribution in [3.8, 4) is 22.4 Å². The Morgan fingerprint density at radius 2 is 1.50 bits per heavy atom. The Labute approximate surface area is 107 Å². The molecule has 18 heavy (non-hydrogen) atoms. The summed E-state index contributed by atoms with van der Waals surface area (Å²) in [4.78, 5) is 0. The van der Waals surface area contributed by atoms with Crippen LogP contribution in [0.4, 0.5) is 0 Å². The van der Waals surface area contributed by atoms with E-state index in [9.17, 15) is 0 Å². The number of benzene rings is 2. The minimum atomic E-state index is 1.01. The molecule has 0 N–H and O–H groups in total. The summed E-state index contributed by atoms with van der Waals surface area (Å²) in [6.45, 7) is 0. The monoisotopic (exact) mass is 234 g/mol. The van der Waals surface area contributed by atoms with Gasteiger partial charge in [0.05, 0.1) is 5.69 Å². The van der Waals surface area contributed by atoms with Gasteiger partial charge in [-0.3, -0.25) is 4.68 Å². The van der Waals surface area contributed by atoms with Crippen LogP contribution in [-0.4, -0.2) is 9.78 Å². The predicted octanol–water partition coefficient (Wildman–Crippen LogP) is 3.75. The molecule has 0 spiro atoms. The predicted molar refractivity (Wildman–Crippen MR) is 74.1 cm³/mol. The number of hydrogen-bond donors (Lipinski definition) is 0. The first kappa shape index (κ1) is 10.8. The minimum Gasteiger partial charge on any atom is -0.275 e. The average molecular weight is 234 g/mol. The van der Waals surface area contributed by atoms with Crippen LogP contribution >= 0.6 is 0 Å². The zero-order valence-electron chi connectivity index (χ0n) is 10.2. The van der Waals surface area contributed by atoms with E-state index in [1.54, 1.807) is 0 Å². The first-order chi connectivity index (χ1) is 8.83. The van der Waals surface area contributed by atoms with E-state index in [0.29, 0.717) is 0 Å². The van der Waals surface area contributed by atoms with Crippen LogP contribution < -0.4 is 0 Å². The number of rotatable bonds is 2. The van der Waals surface area contributed by atoms with Crippen LogP contribution in [0.3, 0.4) is 0 Å². The Morgan fingerprint density at radius 3 is 2.22 bits per heavy atom. The van der Waals surface area contributed by atoms with Gasteiger partial charge in [0.25, 0.3) is 0 Å². The molecule has 0 bridgehead atoms. The molecule has 0 aliphatic heterocycles. The standard InChI is InChI=1S/C16H14N2/c1-18-11-10-16(17-18)15-9-5-8-14(12-15)13-6-3-2-4-7-13/h2-12H,1H3. The van der Waals surface area contributed by atoms with Gasteiger partial charge in [-0.25, -0.2) is 0 Å². The van der Waals surface area contributed by atoms with Crippen molar-refractivity contribution in [1.82, 2.24) is 9.78 Å². The second kappa shape index (κ2) is 4.49. The van der Waals surface area contributed by atoms with Gasteiger partial charge in [0.2, 0.25) is 0 Å². The Morgan fingerprint density at radius 1 is 0.778 bits per heavy atom. The van der Waals surface area contributed by atoms with Crippen LogP contribution in [0.25, 0.3) is 22.4 Å². The molecule has 0 fully saturated rings. The fraction of sp³-hybridized carbons (Fsp3) is 0.0625. The van der Waals surface area contributed by atoms with Crippen LogP contribution in [0.2, 0.25) is 0 Å². The second-order valence-corrected chi connectivity index (χ2v) is 4.32. The van der Waals surface area contributed by atoms with Crippen molar-refractivity contribution in [2.45, 2.75) is 0 Å². The third-order valence-electron chi connectivity index (χ3n) is 2.98. The average Bonchev–Trinajstić information content (AvgIpc) is 2.87. The zero-order valence-corrected chi connectivity index (χ0v) is 10.2. The summed E-state index contributed by atoms with van der Waals surface area (Å²) < 4.78 is 1.82. The molecule has 3 aromatic rings. The molecule has 0 radical (unpaired) electrons. The number of hydrogen-bond acceptors (Lipinski definition) is 1. The van der Waals surface area contributed by atoms with E-state index in [-0.39, 0.29) is 0 Å². The van der Waals surface area contributed by atoms with Gasteiger partial charge in [0, 0.05) is 18.8 Å². The van der Waals surface area contributed by atoms with Crippen molar-refractivity contribution in [3.63, 3.8) is 0 Å². The summed E-state index contributed by atoms with van der Waals surface area (Å²) in [6, 6.07) is 20.9. The summed E-state index contributed by atoms with van der Waals surface area (Å²) >= 11 is 0. The number of nitrogens with zero attached hydrogens (tertiary/aromatic N) is 2. The maximum atomic E-state index is 4.43. The smallest absolute Gasteiger partial charge is 0.0923 e. The molecule has 0 atom stereocenters. The van der Waals surface area contributed by atoms with E-state index in [1.807, 2.05) is 30.1 Å². The van der Waals surface area contributed by atoms with Crippen LogP contribution in [0.5, 0.6) is 0 Å². The quantitative estimate of drug-likeness (QED) is 0.660. The van der Waals surface area contributed by atoms with Crippen LogP contribution in [0.1, 0.15) is 0 Å². The van der Waals surface area contributed by atoms with Gasteiger partial charge in [0.1, 0.15) is 0 Å². The summed E-state index contributed by atoms with van der Waals surface area (Å²) in [7, 11) is 1.94. The molecular weight excluding hydrogens is 220 g/mol. The molecule has 0 saturated heterocycles. The summed E-state index contributed by atoms with van der Waals surface area (Å²) in [5.74, 6) is 0. The van der Waals surface area contributed by atoms with Gasteiger partial charge in [0.15, 0.2) is 0 Å². The number of aromatic nitrogens is 2. The van der Waals surface area contributed by atoms with Crippen LogP contribution in [0, 0.1) is 0 Å². The lowest BCUT2D eigenvalue weighted by molar-refractivity contribution is 0.771. The molecule has 0 aliphatic rings. The highest BCUT2D eigenvalue weighted by Gasteiger charge is 2.03. The normalized spacial score (nSPS) is 10.5. The third-order valence-corrected chi connectivity index (χ3v) is 2.98. The van der Waals surface area contributed by atoms with Gasteiger partial charge in [-0.05, 0) is 23.3 Å². The van der Waals surface area contributed by atoms with Crippen molar-refractivity contribution in [2.24, 2.45) is 7.05 Å². The zero-order chi connectivity index (χ0) is 12.4. The topological polar surface area (TPSA) is 17.8 Å². The third kappa shape index (κ3) is 2.05. The summed E-state index contributed by atoms with van der Waals surface area (Å²) in [5.41, 5.74) is 4.61. The van der Waals surface area contributed by atoms with E-state index in [1.165, 1.54) is 11.1 Å². The Balaban J connectivity index is 2.05. The van der Waals surface area contributed by atoms with Crippen molar-refractivity contribution >= 4 is 0 Å². The molecule has 1 heterocycles. The fourth-order valence-electron chi connectivity index (χ4n) is 2.06. The van der Waals surface area contributed by atoms with Crippen molar-refractivity contribution < 1.29 is 0 Å². The fourth-order valence-corrected chi connectivity index (χ4v) is 2.06. The van der Waals surface area contributed by atoms with Gasteiger partial charge in [-0.1, -0.05) is 48.5 Å². The summed E-state index contributed by atoms with van der Waals surface area (Å²) in [6.07, 6.45) is 1.96. The molecule has 2 nitrogen and oxygen atoms in total. The number of aryl methyl sites for hydroxylation is 1. The lowest BCUT2D eigenvalue weighted by Crippen LogP contribution is -1.88. The van der Waals surface area contributed by atoms with Crippen molar-refractivity contribution in [2.75, 3.05) is 0 Å². The van der Waals surface area contributed by atoms with Crippen LogP contribution in [-0.2, 0) is 7.05 Å². The molecule has 0 aliphatic carbocycles. The Hall–Kier alpha value is -2.35. The Kier molecular flexibility index (Phi) is 2.69. The van der Waals surface area contributed by atoms with Crippen molar-refractivity contribution in [3.05, 3.63) is 66.9 Å². The van der Waals surface area contributed by atoms with E-state index >= 15 is 0 Å². The molecule has 3 rings (SSSR count). The van der Waals surface area contributed by atoms with E-state index in [2.05, 4.69) is 53.6 Å². The maximum absolute atomic E-state index is 4.43. The highest BCUT2D eigenvalue weighted by Crippen LogP contribution is 2.24. The lowest BCUT2D eigenvalue weighted by Gasteiger charge is -2.03. The van der Waals surface area contributed by atoms with E-state index < -0.39 is 0 Å². The summed E-state index contributed by atoms with van der Waals surface area (Å²) in [5, 5.41) is 4.43. The first-order valence-electron chi connectivity index (χ1n) is 5.98. The van der Waals surface area contributed by atoms with Gasteiger partial charge in [-0.2, -0.15) is 5.10 Å². The molecule has 2 heteroatoms. The SMILES string of the molecule is Cn1ccc(-c2cccc(-c3ccccc3)c2)n1. The first-order valence-corrected chi connectivity index (χ1v) is 5.98.